The lowest BCUT2D eigenvalue weighted by molar-refractivity contribution is 0.0693. The van der Waals surface area contributed by atoms with E-state index in [0.717, 1.165) is 15.9 Å². The summed E-state index contributed by atoms with van der Waals surface area (Å²) in [7, 11) is 0. The number of carboxylic acids is 1. The Labute approximate surface area is 113 Å². The first-order valence-electron chi connectivity index (χ1n) is 5.67. The van der Waals surface area contributed by atoms with E-state index < -0.39 is 5.97 Å². The van der Waals surface area contributed by atoms with Crippen LogP contribution in [0.3, 0.4) is 0 Å². The van der Waals surface area contributed by atoms with Crippen LogP contribution >= 0.6 is 11.8 Å². The number of hydrogen-bond acceptors (Lipinski definition) is 3. The number of benzene rings is 1. The lowest BCUT2D eigenvalue weighted by Crippen LogP contribution is -1.98. The molecule has 3 rings (SSSR count). The highest BCUT2D eigenvalue weighted by Gasteiger charge is 2.11. The first-order chi connectivity index (χ1) is 9.24. The summed E-state index contributed by atoms with van der Waals surface area (Å²) in [5.74, 6) is -0.944. The van der Waals surface area contributed by atoms with Gasteiger partial charge in [-0.15, -0.1) is 0 Å². The number of fused-ring (bicyclic) bond motifs is 1. The quantitative estimate of drug-likeness (QED) is 0.765. The Morgan fingerprint density at radius 3 is 2.89 bits per heavy atom. The maximum atomic E-state index is 11.1. The molecule has 0 aliphatic heterocycles. The fourth-order valence-corrected chi connectivity index (χ4v) is 2.82. The Balaban J connectivity index is 1.99. The van der Waals surface area contributed by atoms with Crippen molar-refractivity contribution in [2.75, 3.05) is 0 Å². The molecule has 0 aliphatic carbocycles. The minimum absolute atomic E-state index is 0.263. The first-order valence-corrected chi connectivity index (χ1v) is 6.48. The standard InChI is InChI=1S/C14H10N2O2S/c17-14(18)10-5-6-15-8-12(10)19-13-7-9-3-1-2-4-11(9)16-13/h1-8,16H,(H,17,18). The minimum Gasteiger partial charge on any atom is -0.478 e. The van der Waals surface area contributed by atoms with Crippen molar-refractivity contribution in [3.8, 4) is 0 Å². The Hall–Kier alpha value is -2.27. The third kappa shape index (κ3) is 2.32. The topological polar surface area (TPSA) is 66.0 Å². The number of carboxylic acid groups (broad SMARTS) is 1. The number of pyridine rings is 1. The summed E-state index contributed by atoms with van der Waals surface area (Å²) >= 11 is 1.37. The van der Waals surface area contributed by atoms with Crippen molar-refractivity contribution in [1.29, 1.82) is 0 Å². The summed E-state index contributed by atoms with van der Waals surface area (Å²) in [6, 6.07) is 11.4. The van der Waals surface area contributed by atoms with Gasteiger partial charge in [-0.05, 0) is 18.2 Å². The van der Waals surface area contributed by atoms with E-state index in [9.17, 15) is 4.79 Å². The molecule has 94 valence electrons. The summed E-state index contributed by atoms with van der Waals surface area (Å²) in [5.41, 5.74) is 1.30. The molecule has 0 radical (unpaired) electrons. The highest BCUT2D eigenvalue weighted by atomic mass is 32.2. The number of aromatic nitrogens is 2. The third-order valence-electron chi connectivity index (χ3n) is 2.74. The van der Waals surface area contributed by atoms with Crippen molar-refractivity contribution < 1.29 is 9.90 Å². The SMILES string of the molecule is O=C(O)c1ccncc1Sc1cc2ccccc2[nH]1. The number of carbonyl (C=O) groups is 1. The van der Waals surface area contributed by atoms with Crippen LogP contribution in [0.15, 0.2) is 58.7 Å². The molecule has 2 N–H and O–H groups in total. The van der Waals surface area contributed by atoms with Gasteiger partial charge in [0.2, 0.25) is 0 Å². The molecule has 1 aromatic carbocycles. The van der Waals surface area contributed by atoms with Crippen LogP contribution in [0.1, 0.15) is 10.4 Å². The lowest BCUT2D eigenvalue weighted by atomic mass is 10.3. The van der Waals surface area contributed by atoms with Gasteiger partial charge in [0.25, 0.3) is 0 Å². The largest absolute Gasteiger partial charge is 0.478 e. The molecule has 0 aliphatic rings. The Bertz CT molecular complexity index is 719. The zero-order valence-electron chi connectivity index (χ0n) is 9.83. The number of hydrogen-bond donors (Lipinski definition) is 2. The molecule has 5 heteroatoms. The van der Waals surface area contributed by atoms with E-state index in [1.165, 1.54) is 24.0 Å². The fourth-order valence-electron chi connectivity index (χ4n) is 1.86. The van der Waals surface area contributed by atoms with Crippen LogP contribution in [-0.2, 0) is 0 Å². The minimum atomic E-state index is -0.944. The van der Waals surface area contributed by atoms with Crippen molar-refractivity contribution in [1.82, 2.24) is 9.97 Å². The van der Waals surface area contributed by atoms with Gasteiger partial charge in [-0.2, -0.15) is 0 Å². The van der Waals surface area contributed by atoms with E-state index in [0.29, 0.717) is 4.90 Å². The van der Waals surface area contributed by atoms with Crippen molar-refractivity contribution >= 4 is 28.6 Å². The van der Waals surface area contributed by atoms with Gasteiger partial charge >= 0.3 is 5.97 Å². The van der Waals surface area contributed by atoms with Gasteiger partial charge in [0, 0.05) is 28.2 Å². The normalized spacial score (nSPS) is 10.7. The van der Waals surface area contributed by atoms with Crippen LogP contribution in [0, 0.1) is 0 Å². The molecule has 0 amide bonds. The van der Waals surface area contributed by atoms with Crippen LogP contribution in [0.2, 0.25) is 0 Å². The molecule has 0 spiro atoms. The second-order valence-electron chi connectivity index (χ2n) is 4.00. The molecule has 0 saturated carbocycles. The molecule has 0 saturated heterocycles. The van der Waals surface area contributed by atoms with Crippen molar-refractivity contribution in [2.24, 2.45) is 0 Å². The smallest absolute Gasteiger partial charge is 0.336 e. The van der Waals surface area contributed by atoms with Crippen LogP contribution in [0.25, 0.3) is 10.9 Å². The van der Waals surface area contributed by atoms with Gasteiger partial charge in [0.15, 0.2) is 0 Å². The third-order valence-corrected chi connectivity index (χ3v) is 3.73. The Morgan fingerprint density at radius 2 is 2.11 bits per heavy atom. The van der Waals surface area contributed by atoms with E-state index in [4.69, 9.17) is 5.11 Å². The van der Waals surface area contributed by atoms with E-state index in [1.807, 2.05) is 30.3 Å². The second kappa shape index (κ2) is 4.78. The van der Waals surface area contributed by atoms with E-state index in [-0.39, 0.29) is 5.56 Å². The molecule has 4 nitrogen and oxygen atoms in total. The van der Waals surface area contributed by atoms with Gasteiger partial charge in [-0.3, -0.25) is 4.98 Å². The zero-order chi connectivity index (χ0) is 13.2. The van der Waals surface area contributed by atoms with Gasteiger partial charge in [-0.1, -0.05) is 30.0 Å². The molecule has 0 unspecified atom stereocenters. The predicted octanol–water partition coefficient (Wildman–Crippen LogP) is 3.41. The lowest BCUT2D eigenvalue weighted by Gasteiger charge is -2.02. The van der Waals surface area contributed by atoms with Crippen molar-refractivity contribution in [3.05, 3.63) is 54.4 Å². The first kappa shape index (κ1) is 11.8. The van der Waals surface area contributed by atoms with Gasteiger partial charge in [0.05, 0.1) is 10.6 Å². The highest BCUT2D eigenvalue weighted by Crippen LogP contribution is 2.31. The summed E-state index contributed by atoms with van der Waals surface area (Å²) in [5, 5.41) is 11.1. The summed E-state index contributed by atoms with van der Waals surface area (Å²) in [6.45, 7) is 0. The maximum absolute atomic E-state index is 11.1. The van der Waals surface area contributed by atoms with Crippen molar-refractivity contribution in [3.63, 3.8) is 0 Å². The van der Waals surface area contributed by atoms with Crippen molar-refractivity contribution in [2.45, 2.75) is 9.92 Å². The van der Waals surface area contributed by atoms with E-state index in [1.54, 1.807) is 6.20 Å². The predicted molar refractivity (Wildman–Crippen MR) is 73.6 cm³/mol. The monoisotopic (exact) mass is 270 g/mol. The molecular formula is C14H10N2O2S. The number of aromatic amines is 1. The number of aromatic carboxylic acids is 1. The van der Waals surface area contributed by atoms with Gasteiger partial charge in [-0.25, -0.2) is 4.79 Å². The molecule has 2 aromatic heterocycles. The maximum Gasteiger partial charge on any atom is 0.336 e. The average Bonchev–Trinajstić information content (AvgIpc) is 2.81. The van der Waals surface area contributed by atoms with Crippen LogP contribution in [-0.4, -0.2) is 21.0 Å². The number of rotatable bonds is 3. The molecule has 0 bridgehead atoms. The summed E-state index contributed by atoms with van der Waals surface area (Å²) in [6.07, 6.45) is 3.05. The second-order valence-corrected chi connectivity index (χ2v) is 5.08. The van der Waals surface area contributed by atoms with E-state index in [2.05, 4.69) is 9.97 Å². The fraction of sp³-hybridized carbons (Fsp3) is 0. The highest BCUT2D eigenvalue weighted by molar-refractivity contribution is 7.99. The molecule has 0 atom stereocenters. The summed E-state index contributed by atoms with van der Waals surface area (Å²) < 4.78 is 0. The number of nitrogens with zero attached hydrogens (tertiary/aromatic N) is 1. The zero-order valence-corrected chi connectivity index (χ0v) is 10.6. The Morgan fingerprint density at radius 1 is 1.26 bits per heavy atom. The summed E-state index contributed by atoms with van der Waals surface area (Å²) in [4.78, 5) is 19.0. The molecule has 3 aromatic rings. The average molecular weight is 270 g/mol. The van der Waals surface area contributed by atoms with E-state index >= 15 is 0 Å². The molecule has 2 heterocycles. The van der Waals surface area contributed by atoms with Crippen LogP contribution in [0.5, 0.6) is 0 Å². The number of nitrogens with one attached hydrogen (secondary N) is 1. The Kier molecular flexibility index (Phi) is 2.97. The van der Waals surface area contributed by atoms with Crippen LogP contribution < -0.4 is 0 Å². The van der Waals surface area contributed by atoms with Gasteiger partial charge in [0.1, 0.15) is 0 Å². The molecule has 0 fully saturated rings. The van der Waals surface area contributed by atoms with Crippen LogP contribution in [0.4, 0.5) is 0 Å². The van der Waals surface area contributed by atoms with Gasteiger partial charge < -0.3 is 10.1 Å². The number of para-hydroxylation sites is 1. The number of H-pyrrole nitrogens is 1. The molecular weight excluding hydrogens is 260 g/mol. The molecule has 19 heavy (non-hydrogen) atoms.